The number of hydrogen-bond donors (Lipinski definition) is 1. The summed E-state index contributed by atoms with van der Waals surface area (Å²) in [5.41, 5.74) is 4.12. The SMILES string of the molecule is Cc1csc(CCNCc2cnc3cc(C)nn3c2)n1. The molecule has 0 bridgehead atoms. The molecule has 3 rings (SSSR count). The van der Waals surface area contributed by atoms with Crippen molar-refractivity contribution < 1.29 is 0 Å². The number of hydrogen-bond acceptors (Lipinski definition) is 5. The van der Waals surface area contributed by atoms with Crippen LogP contribution in [-0.2, 0) is 13.0 Å². The fourth-order valence-electron chi connectivity index (χ4n) is 2.07. The molecule has 5 nitrogen and oxygen atoms in total. The van der Waals surface area contributed by atoms with Crippen LogP contribution < -0.4 is 5.32 Å². The monoisotopic (exact) mass is 287 g/mol. The first kappa shape index (κ1) is 13.2. The maximum absolute atomic E-state index is 4.45. The highest BCUT2D eigenvalue weighted by atomic mass is 32.1. The van der Waals surface area contributed by atoms with Crippen LogP contribution in [0.3, 0.4) is 0 Å². The van der Waals surface area contributed by atoms with Gasteiger partial charge in [-0.25, -0.2) is 14.5 Å². The summed E-state index contributed by atoms with van der Waals surface area (Å²) in [4.78, 5) is 8.84. The molecule has 0 saturated heterocycles. The highest BCUT2D eigenvalue weighted by Gasteiger charge is 2.01. The minimum absolute atomic E-state index is 0.798. The Balaban J connectivity index is 1.54. The summed E-state index contributed by atoms with van der Waals surface area (Å²) in [6.07, 6.45) is 4.89. The highest BCUT2D eigenvalue weighted by molar-refractivity contribution is 7.09. The van der Waals surface area contributed by atoms with Gasteiger partial charge >= 0.3 is 0 Å². The van der Waals surface area contributed by atoms with Crippen LogP contribution >= 0.6 is 11.3 Å². The summed E-state index contributed by atoms with van der Waals surface area (Å²) < 4.78 is 1.83. The molecule has 3 aromatic rings. The third-order valence-corrected chi connectivity index (χ3v) is 4.03. The first-order valence-corrected chi connectivity index (χ1v) is 7.51. The van der Waals surface area contributed by atoms with Crippen LogP contribution in [0.2, 0.25) is 0 Å². The Labute approximate surface area is 121 Å². The van der Waals surface area contributed by atoms with Gasteiger partial charge in [-0.1, -0.05) is 0 Å². The minimum atomic E-state index is 0.798. The molecule has 3 heterocycles. The molecular formula is C14H17N5S. The Bertz CT molecular complexity index is 715. The normalized spacial score (nSPS) is 11.3. The molecule has 20 heavy (non-hydrogen) atoms. The molecule has 0 aliphatic heterocycles. The molecule has 0 aromatic carbocycles. The van der Waals surface area contributed by atoms with Gasteiger partial charge in [-0.3, -0.25) is 0 Å². The molecule has 0 radical (unpaired) electrons. The second kappa shape index (κ2) is 5.68. The molecule has 0 fully saturated rings. The van der Waals surface area contributed by atoms with Crippen molar-refractivity contribution in [2.45, 2.75) is 26.8 Å². The maximum Gasteiger partial charge on any atom is 0.155 e. The van der Waals surface area contributed by atoms with Crippen molar-refractivity contribution in [3.63, 3.8) is 0 Å². The van der Waals surface area contributed by atoms with Crippen LogP contribution in [-0.4, -0.2) is 26.1 Å². The van der Waals surface area contributed by atoms with Crippen LogP contribution in [0.25, 0.3) is 5.65 Å². The fourth-order valence-corrected chi connectivity index (χ4v) is 2.85. The lowest BCUT2D eigenvalue weighted by atomic mass is 10.3. The summed E-state index contributed by atoms with van der Waals surface area (Å²) >= 11 is 1.72. The quantitative estimate of drug-likeness (QED) is 0.730. The second-order valence-corrected chi connectivity index (χ2v) is 5.80. The molecule has 6 heteroatoms. The highest BCUT2D eigenvalue weighted by Crippen LogP contribution is 2.09. The second-order valence-electron chi connectivity index (χ2n) is 4.86. The van der Waals surface area contributed by atoms with Crippen LogP contribution in [0.15, 0.2) is 23.8 Å². The Hall–Kier alpha value is -1.79. The van der Waals surface area contributed by atoms with E-state index < -0.39 is 0 Å². The molecule has 0 amide bonds. The maximum atomic E-state index is 4.45. The van der Waals surface area contributed by atoms with E-state index in [2.05, 4.69) is 25.8 Å². The molecule has 0 saturated carbocycles. The van der Waals surface area contributed by atoms with Crippen molar-refractivity contribution in [3.8, 4) is 0 Å². The number of aryl methyl sites for hydroxylation is 2. The van der Waals surface area contributed by atoms with Crippen LogP contribution in [0.4, 0.5) is 0 Å². The van der Waals surface area contributed by atoms with Gasteiger partial charge in [-0.05, 0) is 13.8 Å². The fraction of sp³-hybridized carbons (Fsp3) is 0.357. The lowest BCUT2D eigenvalue weighted by Gasteiger charge is -2.03. The van der Waals surface area contributed by atoms with Crippen molar-refractivity contribution in [2.24, 2.45) is 0 Å². The minimum Gasteiger partial charge on any atom is -0.312 e. The average Bonchev–Trinajstić information content (AvgIpc) is 2.99. The van der Waals surface area contributed by atoms with E-state index in [9.17, 15) is 0 Å². The van der Waals surface area contributed by atoms with Crippen molar-refractivity contribution >= 4 is 17.0 Å². The molecule has 3 aromatic heterocycles. The standard InChI is InChI=1S/C14H17N5S/c1-10-5-13-16-7-12(8-19(13)18-10)6-15-4-3-14-17-11(2)9-20-14/h5,7-9,15H,3-4,6H2,1-2H3. The number of nitrogens with zero attached hydrogens (tertiary/aromatic N) is 4. The van der Waals surface area contributed by atoms with Gasteiger partial charge in [0.15, 0.2) is 5.65 Å². The summed E-state index contributed by atoms with van der Waals surface area (Å²) in [5, 5.41) is 11.1. The van der Waals surface area contributed by atoms with Gasteiger partial charge in [-0.2, -0.15) is 5.10 Å². The van der Waals surface area contributed by atoms with Gasteiger partial charge in [0, 0.05) is 54.6 Å². The zero-order valence-electron chi connectivity index (χ0n) is 11.6. The van der Waals surface area contributed by atoms with Crippen LogP contribution in [0.5, 0.6) is 0 Å². The Morgan fingerprint density at radius 3 is 3.00 bits per heavy atom. The molecule has 0 atom stereocenters. The van der Waals surface area contributed by atoms with E-state index >= 15 is 0 Å². The van der Waals surface area contributed by atoms with Crippen molar-refractivity contribution in [1.82, 2.24) is 24.9 Å². The van der Waals surface area contributed by atoms with Crippen LogP contribution in [0.1, 0.15) is 22.0 Å². The molecule has 0 spiro atoms. The van der Waals surface area contributed by atoms with Gasteiger partial charge in [-0.15, -0.1) is 11.3 Å². The lowest BCUT2D eigenvalue weighted by molar-refractivity contribution is 0.678. The third kappa shape index (κ3) is 3.02. The number of rotatable bonds is 5. The van der Waals surface area contributed by atoms with E-state index in [4.69, 9.17) is 0 Å². The Morgan fingerprint density at radius 1 is 1.30 bits per heavy atom. The first-order valence-electron chi connectivity index (χ1n) is 6.63. The van der Waals surface area contributed by atoms with Gasteiger partial charge in [0.05, 0.1) is 10.7 Å². The van der Waals surface area contributed by atoms with E-state index in [-0.39, 0.29) is 0 Å². The van der Waals surface area contributed by atoms with E-state index in [1.165, 1.54) is 5.01 Å². The molecule has 104 valence electrons. The van der Waals surface area contributed by atoms with Crippen LogP contribution in [0, 0.1) is 13.8 Å². The lowest BCUT2D eigenvalue weighted by Crippen LogP contribution is -2.17. The number of fused-ring (bicyclic) bond motifs is 1. The Morgan fingerprint density at radius 2 is 2.20 bits per heavy atom. The molecule has 0 aliphatic rings. The van der Waals surface area contributed by atoms with Gasteiger partial charge in [0.1, 0.15) is 0 Å². The Kier molecular flexibility index (Phi) is 3.75. The van der Waals surface area contributed by atoms with Crippen molar-refractivity contribution in [1.29, 1.82) is 0 Å². The topological polar surface area (TPSA) is 55.1 Å². The average molecular weight is 287 g/mol. The molecular weight excluding hydrogens is 270 g/mol. The zero-order chi connectivity index (χ0) is 13.9. The predicted octanol–water partition coefficient (Wildman–Crippen LogP) is 2.13. The summed E-state index contributed by atoms with van der Waals surface area (Å²) in [6.45, 7) is 5.72. The van der Waals surface area contributed by atoms with E-state index in [0.29, 0.717) is 0 Å². The predicted molar refractivity (Wildman–Crippen MR) is 80.0 cm³/mol. The number of thiazole rings is 1. The summed E-state index contributed by atoms with van der Waals surface area (Å²) in [6, 6.07) is 1.97. The van der Waals surface area contributed by atoms with E-state index in [0.717, 1.165) is 42.1 Å². The van der Waals surface area contributed by atoms with E-state index in [1.54, 1.807) is 11.3 Å². The third-order valence-electron chi connectivity index (χ3n) is 3.00. The first-order chi connectivity index (χ1) is 9.70. The van der Waals surface area contributed by atoms with E-state index in [1.807, 2.05) is 36.8 Å². The number of nitrogens with one attached hydrogen (secondary N) is 1. The summed E-state index contributed by atoms with van der Waals surface area (Å²) in [5.74, 6) is 0. The van der Waals surface area contributed by atoms with Gasteiger partial charge in [0.25, 0.3) is 0 Å². The zero-order valence-corrected chi connectivity index (χ0v) is 12.4. The largest absolute Gasteiger partial charge is 0.312 e. The molecule has 1 N–H and O–H groups in total. The van der Waals surface area contributed by atoms with Gasteiger partial charge in [0.2, 0.25) is 0 Å². The smallest absolute Gasteiger partial charge is 0.155 e. The number of aromatic nitrogens is 4. The molecule has 0 unspecified atom stereocenters. The molecule has 0 aliphatic carbocycles. The van der Waals surface area contributed by atoms with Gasteiger partial charge < -0.3 is 5.32 Å². The van der Waals surface area contributed by atoms with Crippen molar-refractivity contribution in [2.75, 3.05) is 6.54 Å². The summed E-state index contributed by atoms with van der Waals surface area (Å²) in [7, 11) is 0. The van der Waals surface area contributed by atoms with Crippen molar-refractivity contribution in [3.05, 3.63) is 45.8 Å².